The van der Waals surface area contributed by atoms with E-state index < -0.39 is 11.8 Å². The van der Waals surface area contributed by atoms with Gasteiger partial charge >= 0.3 is 0 Å². The van der Waals surface area contributed by atoms with Crippen molar-refractivity contribution >= 4 is 45.2 Å². The van der Waals surface area contributed by atoms with Crippen molar-refractivity contribution in [2.24, 2.45) is 0 Å². The van der Waals surface area contributed by atoms with Gasteiger partial charge in [0.25, 0.3) is 17.7 Å². The molecule has 4 rings (SSSR count). The van der Waals surface area contributed by atoms with E-state index in [0.29, 0.717) is 26.9 Å². The number of amides is 4. The standard InChI is InChI=1S/C21H18BrN3O4/c22-13-3-8-16-17(11-13)21(29)25(20(16)28)10-9-18(26)23-14-4-1-12(2-5-14)19(27)24-15-6-7-15/h1-5,8,11,15H,6-7,9-10H2,(H,23,26)(H,24,27). The second kappa shape index (κ2) is 7.79. The van der Waals surface area contributed by atoms with E-state index in [2.05, 4.69) is 26.6 Å². The van der Waals surface area contributed by atoms with Gasteiger partial charge in [-0.2, -0.15) is 0 Å². The Morgan fingerprint density at radius 3 is 2.38 bits per heavy atom. The molecule has 0 unspecified atom stereocenters. The maximum Gasteiger partial charge on any atom is 0.261 e. The molecule has 0 atom stereocenters. The second-order valence-electron chi connectivity index (χ2n) is 7.08. The SMILES string of the molecule is O=C(CCN1C(=O)c2ccc(Br)cc2C1=O)Nc1ccc(C(=O)NC2CC2)cc1. The highest BCUT2D eigenvalue weighted by Gasteiger charge is 2.35. The summed E-state index contributed by atoms with van der Waals surface area (Å²) in [6.07, 6.45) is 2.02. The van der Waals surface area contributed by atoms with Crippen molar-refractivity contribution in [2.75, 3.05) is 11.9 Å². The van der Waals surface area contributed by atoms with Crippen molar-refractivity contribution in [1.29, 1.82) is 0 Å². The maximum absolute atomic E-state index is 12.4. The van der Waals surface area contributed by atoms with Crippen LogP contribution in [0.5, 0.6) is 0 Å². The first-order valence-electron chi connectivity index (χ1n) is 9.29. The van der Waals surface area contributed by atoms with Crippen molar-refractivity contribution in [3.05, 3.63) is 63.6 Å². The van der Waals surface area contributed by atoms with Gasteiger partial charge in [0.05, 0.1) is 11.1 Å². The van der Waals surface area contributed by atoms with Crippen LogP contribution in [-0.2, 0) is 4.79 Å². The summed E-state index contributed by atoms with van der Waals surface area (Å²) in [5, 5.41) is 5.62. The fraction of sp³-hybridized carbons (Fsp3) is 0.238. The predicted octanol–water partition coefficient (Wildman–Crippen LogP) is 2.97. The Labute approximate surface area is 175 Å². The van der Waals surface area contributed by atoms with Crippen LogP contribution in [0.4, 0.5) is 5.69 Å². The average Bonchev–Trinajstić information content (AvgIpc) is 3.48. The molecule has 2 aromatic rings. The van der Waals surface area contributed by atoms with E-state index >= 15 is 0 Å². The quantitative estimate of drug-likeness (QED) is 0.654. The van der Waals surface area contributed by atoms with Gasteiger partial charge in [0.2, 0.25) is 5.91 Å². The molecule has 1 fully saturated rings. The number of hydrogen-bond donors (Lipinski definition) is 2. The Balaban J connectivity index is 1.32. The third-order valence-electron chi connectivity index (χ3n) is 4.84. The van der Waals surface area contributed by atoms with E-state index in [9.17, 15) is 19.2 Å². The number of halogens is 1. The average molecular weight is 456 g/mol. The van der Waals surface area contributed by atoms with Gasteiger partial charge in [-0.15, -0.1) is 0 Å². The minimum absolute atomic E-state index is 0.00230. The number of carbonyl (C=O) groups is 4. The van der Waals surface area contributed by atoms with Crippen LogP contribution in [0.2, 0.25) is 0 Å². The van der Waals surface area contributed by atoms with Gasteiger partial charge in [0.1, 0.15) is 0 Å². The number of nitrogens with one attached hydrogen (secondary N) is 2. The van der Waals surface area contributed by atoms with Gasteiger partial charge in [-0.3, -0.25) is 24.1 Å². The molecule has 2 N–H and O–H groups in total. The summed E-state index contributed by atoms with van der Waals surface area (Å²) >= 11 is 3.29. The Morgan fingerprint density at radius 2 is 1.69 bits per heavy atom. The van der Waals surface area contributed by atoms with E-state index in [1.165, 1.54) is 0 Å². The third kappa shape index (κ3) is 4.22. The number of imide groups is 1. The Kier molecular flexibility index (Phi) is 5.19. The smallest absolute Gasteiger partial charge is 0.261 e. The molecule has 0 aromatic heterocycles. The summed E-state index contributed by atoms with van der Waals surface area (Å²) in [6, 6.07) is 11.8. The summed E-state index contributed by atoms with van der Waals surface area (Å²) in [5.41, 5.74) is 1.76. The molecule has 4 amide bonds. The summed E-state index contributed by atoms with van der Waals surface area (Å²) in [6.45, 7) is -0.00230. The molecule has 8 heteroatoms. The molecule has 0 saturated heterocycles. The molecular formula is C21H18BrN3O4. The normalized spacial score (nSPS) is 15.3. The predicted molar refractivity (Wildman–Crippen MR) is 110 cm³/mol. The van der Waals surface area contributed by atoms with E-state index in [1.54, 1.807) is 42.5 Å². The van der Waals surface area contributed by atoms with Gasteiger partial charge in [-0.25, -0.2) is 0 Å². The molecule has 1 saturated carbocycles. The summed E-state index contributed by atoms with van der Waals surface area (Å²) in [5.74, 6) is -1.23. The lowest BCUT2D eigenvalue weighted by atomic mass is 10.1. The van der Waals surface area contributed by atoms with Crippen LogP contribution in [0, 0.1) is 0 Å². The van der Waals surface area contributed by atoms with Gasteiger partial charge < -0.3 is 10.6 Å². The highest BCUT2D eigenvalue weighted by atomic mass is 79.9. The molecule has 0 radical (unpaired) electrons. The number of anilines is 1. The molecule has 29 heavy (non-hydrogen) atoms. The number of fused-ring (bicyclic) bond motifs is 1. The van der Waals surface area contributed by atoms with Crippen molar-refractivity contribution in [1.82, 2.24) is 10.2 Å². The highest BCUT2D eigenvalue weighted by molar-refractivity contribution is 9.10. The zero-order valence-corrected chi connectivity index (χ0v) is 17.0. The minimum Gasteiger partial charge on any atom is -0.349 e. The van der Waals surface area contributed by atoms with E-state index in [1.807, 2.05) is 0 Å². The number of carbonyl (C=O) groups excluding carboxylic acids is 4. The van der Waals surface area contributed by atoms with Crippen LogP contribution in [0.25, 0.3) is 0 Å². The molecule has 1 aliphatic carbocycles. The summed E-state index contributed by atoms with van der Waals surface area (Å²) in [7, 11) is 0. The first-order chi connectivity index (χ1) is 13.9. The van der Waals surface area contributed by atoms with Crippen LogP contribution in [-0.4, -0.2) is 41.1 Å². The first-order valence-corrected chi connectivity index (χ1v) is 10.1. The fourth-order valence-electron chi connectivity index (χ4n) is 3.10. The van der Waals surface area contributed by atoms with Crippen LogP contribution >= 0.6 is 15.9 Å². The van der Waals surface area contributed by atoms with Crippen molar-refractivity contribution in [3.8, 4) is 0 Å². The largest absolute Gasteiger partial charge is 0.349 e. The molecule has 2 aliphatic rings. The number of benzene rings is 2. The van der Waals surface area contributed by atoms with E-state index in [0.717, 1.165) is 17.7 Å². The maximum atomic E-state index is 12.4. The second-order valence-corrected chi connectivity index (χ2v) is 7.99. The lowest BCUT2D eigenvalue weighted by Crippen LogP contribution is -2.32. The zero-order chi connectivity index (χ0) is 20.5. The Morgan fingerprint density at radius 1 is 1.00 bits per heavy atom. The third-order valence-corrected chi connectivity index (χ3v) is 5.33. The lowest BCUT2D eigenvalue weighted by Gasteiger charge is -2.13. The van der Waals surface area contributed by atoms with Crippen LogP contribution < -0.4 is 10.6 Å². The molecular weight excluding hydrogens is 438 g/mol. The van der Waals surface area contributed by atoms with Gasteiger partial charge in [-0.05, 0) is 55.3 Å². The first kappa shape index (κ1) is 19.3. The molecule has 1 heterocycles. The molecule has 0 spiro atoms. The topological polar surface area (TPSA) is 95.6 Å². The van der Waals surface area contributed by atoms with E-state index in [-0.39, 0.29) is 30.8 Å². The Bertz CT molecular complexity index is 1020. The molecule has 148 valence electrons. The lowest BCUT2D eigenvalue weighted by molar-refractivity contribution is -0.116. The Hall–Kier alpha value is -3.00. The van der Waals surface area contributed by atoms with Gasteiger partial charge in [0, 0.05) is 34.7 Å². The molecule has 1 aliphatic heterocycles. The van der Waals surface area contributed by atoms with E-state index in [4.69, 9.17) is 0 Å². The summed E-state index contributed by atoms with van der Waals surface area (Å²) < 4.78 is 0.714. The number of nitrogens with zero attached hydrogens (tertiary/aromatic N) is 1. The van der Waals surface area contributed by atoms with Crippen molar-refractivity contribution < 1.29 is 19.2 Å². The monoisotopic (exact) mass is 455 g/mol. The van der Waals surface area contributed by atoms with Crippen molar-refractivity contribution in [2.45, 2.75) is 25.3 Å². The van der Waals surface area contributed by atoms with Gasteiger partial charge in [0.15, 0.2) is 0 Å². The van der Waals surface area contributed by atoms with Crippen LogP contribution in [0.15, 0.2) is 46.9 Å². The van der Waals surface area contributed by atoms with Crippen LogP contribution in [0.1, 0.15) is 50.3 Å². The molecule has 2 aromatic carbocycles. The fourth-order valence-corrected chi connectivity index (χ4v) is 3.47. The molecule has 0 bridgehead atoms. The number of rotatable bonds is 6. The van der Waals surface area contributed by atoms with Crippen molar-refractivity contribution in [3.63, 3.8) is 0 Å². The van der Waals surface area contributed by atoms with Gasteiger partial charge in [-0.1, -0.05) is 15.9 Å². The minimum atomic E-state index is -0.398. The number of hydrogen-bond acceptors (Lipinski definition) is 4. The summed E-state index contributed by atoms with van der Waals surface area (Å²) in [4.78, 5) is 50.1. The molecule has 7 nitrogen and oxygen atoms in total. The highest BCUT2D eigenvalue weighted by Crippen LogP contribution is 2.26. The van der Waals surface area contributed by atoms with Crippen LogP contribution in [0.3, 0.4) is 0 Å². The zero-order valence-electron chi connectivity index (χ0n) is 15.4.